The Labute approximate surface area is 182 Å². The normalized spacial score (nSPS) is 11.6. The minimum Gasteiger partial charge on any atom is -0.294 e. The standard InChI is InChI=1S/C10H11ClO.C10H10O.Al.3ClH/c1-8-4-2-3-5-9(8)6-7-10(11)12;1-7-3-2-4-9-8(7)5-6-10(9)11;;;;/h2-5H,6-7H2,1H3;2-4H,5-6H2,1H3;;3*1H/q;;+3;;;/p-3. The van der Waals surface area contributed by atoms with Gasteiger partial charge in [-0.25, -0.2) is 30.1 Å². The van der Waals surface area contributed by atoms with Crippen molar-refractivity contribution >= 4 is 64.2 Å². The van der Waals surface area contributed by atoms with Gasteiger partial charge < -0.3 is 0 Å². The smallest absolute Gasteiger partial charge is 0.294 e. The lowest BCUT2D eigenvalue weighted by atomic mass is 10.0. The van der Waals surface area contributed by atoms with Gasteiger partial charge in [-0.05, 0) is 60.5 Å². The molecule has 0 atom stereocenters. The minimum absolute atomic E-state index is 0.266. The first-order valence-electron chi connectivity index (χ1n) is 8.49. The molecular formula is C20H21AlCl4O2. The summed E-state index contributed by atoms with van der Waals surface area (Å²) in [5.41, 5.74) is 5.89. The Kier molecular flexibility index (Phi) is 11.7. The van der Waals surface area contributed by atoms with Crippen LogP contribution >= 0.6 is 41.7 Å². The van der Waals surface area contributed by atoms with Crippen molar-refractivity contribution in [2.75, 3.05) is 0 Å². The Bertz CT molecular complexity index is 776. The fraction of sp³-hybridized carbons (Fsp3) is 0.300. The highest BCUT2D eigenvalue weighted by Gasteiger charge is 2.19. The van der Waals surface area contributed by atoms with Gasteiger partial charge in [0.25, 0.3) is 0 Å². The van der Waals surface area contributed by atoms with E-state index in [2.05, 4.69) is 13.0 Å². The lowest BCUT2D eigenvalue weighted by Crippen LogP contribution is -1.93. The third kappa shape index (κ3) is 9.48. The van der Waals surface area contributed by atoms with Gasteiger partial charge in [-0.1, -0.05) is 42.5 Å². The van der Waals surface area contributed by atoms with E-state index in [9.17, 15) is 9.59 Å². The van der Waals surface area contributed by atoms with Gasteiger partial charge in [0.15, 0.2) is 5.78 Å². The van der Waals surface area contributed by atoms with Gasteiger partial charge in [0.1, 0.15) is 0 Å². The third-order valence-electron chi connectivity index (χ3n) is 4.16. The number of Topliss-reactive ketones (excluding diaryl/α,β-unsaturated/α-hetero) is 1. The molecule has 2 nitrogen and oxygen atoms in total. The van der Waals surface area contributed by atoms with Crippen LogP contribution in [0.3, 0.4) is 0 Å². The predicted octanol–water partition coefficient (Wildman–Crippen LogP) is 6.50. The van der Waals surface area contributed by atoms with Crippen LogP contribution in [0.5, 0.6) is 0 Å². The molecule has 0 saturated heterocycles. The minimum atomic E-state index is -1.72. The molecule has 0 aromatic heterocycles. The maximum atomic E-state index is 11.2. The molecule has 7 heteroatoms. The SMILES string of the molecule is Cc1cccc2c1CCC2=O.Cc1ccccc1CCC(=O)Cl.[Cl][Al]([Cl])[Cl]. The zero-order valence-corrected chi connectivity index (χ0v) is 19.5. The first kappa shape index (κ1) is 24.5. The van der Waals surface area contributed by atoms with Gasteiger partial charge >= 0.3 is 11.4 Å². The Hall–Kier alpha value is -0.528. The van der Waals surface area contributed by atoms with Crippen molar-refractivity contribution in [2.45, 2.75) is 39.5 Å². The average Bonchev–Trinajstić information content (AvgIpc) is 2.97. The molecule has 0 saturated carbocycles. The number of hydrogen-bond acceptors (Lipinski definition) is 2. The van der Waals surface area contributed by atoms with Gasteiger partial charge in [0.2, 0.25) is 5.24 Å². The van der Waals surface area contributed by atoms with Gasteiger partial charge in [-0.2, -0.15) is 0 Å². The van der Waals surface area contributed by atoms with E-state index in [0.29, 0.717) is 18.6 Å². The highest BCUT2D eigenvalue weighted by atomic mass is 35.8. The van der Waals surface area contributed by atoms with Crippen molar-refractivity contribution in [1.29, 1.82) is 0 Å². The fourth-order valence-corrected chi connectivity index (χ4v) is 2.89. The molecule has 1 aliphatic carbocycles. The van der Waals surface area contributed by atoms with Crippen molar-refractivity contribution < 1.29 is 9.59 Å². The lowest BCUT2D eigenvalue weighted by Gasteiger charge is -2.01. The van der Waals surface area contributed by atoms with Gasteiger partial charge in [0.05, 0.1) is 0 Å². The molecule has 3 rings (SSSR count). The molecule has 0 amide bonds. The van der Waals surface area contributed by atoms with Crippen LogP contribution in [0.4, 0.5) is 0 Å². The molecule has 1 aliphatic rings. The first-order chi connectivity index (χ1) is 12.7. The number of benzene rings is 2. The van der Waals surface area contributed by atoms with E-state index < -0.39 is 11.4 Å². The lowest BCUT2D eigenvalue weighted by molar-refractivity contribution is -0.111. The summed E-state index contributed by atoms with van der Waals surface area (Å²) in [6.07, 6.45) is 2.82. The number of fused-ring (bicyclic) bond motifs is 1. The van der Waals surface area contributed by atoms with Crippen molar-refractivity contribution in [3.05, 3.63) is 70.3 Å². The number of carbonyl (C=O) groups excluding carboxylic acids is 2. The Morgan fingerprint density at radius 1 is 0.963 bits per heavy atom. The van der Waals surface area contributed by atoms with Crippen LogP contribution in [0.1, 0.15) is 45.5 Å². The molecule has 144 valence electrons. The van der Waals surface area contributed by atoms with Crippen LogP contribution in [0.2, 0.25) is 0 Å². The summed E-state index contributed by atoms with van der Waals surface area (Å²) >= 11 is 3.52. The predicted molar refractivity (Wildman–Crippen MR) is 118 cm³/mol. The van der Waals surface area contributed by atoms with E-state index in [1.807, 2.05) is 43.3 Å². The Morgan fingerprint density at radius 2 is 1.56 bits per heavy atom. The van der Waals surface area contributed by atoms with Crippen LogP contribution in [0.25, 0.3) is 0 Å². The third-order valence-corrected chi connectivity index (χ3v) is 4.35. The maximum absolute atomic E-state index is 11.2. The summed E-state index contributed by atoms with van der Waals surface area (Å²) in [5.74, 6) is 0.309. The summed E-state index contributed by atoms with van der Waals surface area (Å²) in [6.45, 7) is 4.10. The fourth-order valence-electron chi connectivity index (χ4n) is 2.79. The average molecular weight is 462 g/mol. The van der Waals surface area contributed by atoms with Crippen molar-refractivity contribution in [1.82, 2.24) is 0 Å². The molecule has 0 unspecified atom stereocenters. The molecule has 27 heavy (non-hydrogen) atoms. The van der Waals surface area contributed by atoms with Gasteiger partial charge in [-0.15, -0.1) is 0 Å². The molecule has 0 heterocycles. The second kappa shape index (κ2) is 12.8. The van der Waals surface area contributed by atoms with E-state index in [1.165, 1.54) is 22.3 Å². The molecule has 0 spiro atoms. The maximum Gasteiger partial charge on any atom is 0.643 e. The van der Waals surface area contributed by atoms with Crippen molar-refractivity contribution in [2.24, 2.45) is 0 Å². The summed E-state index contributed by atoms with van der Waals surface area (Å²) < 4.78 is 0. The quantitative estimate of drug-likeness (QED) is 0.385. The summed E-state index contributed by atoms with van der Waals surface area (Å²) in [5, 5.41) is -0.266. The zero-order chi connectivity index (χ0) is 20.4. The molecule has 0 fully saturated rings. The Balaban J connectivity index is 0.000000227. The highest BCUT2D eigenvalue weighted by molar-refractivity contribution is 7.54. The van der Waals surface area contributed by atoms with Gasteiger partial charge in [-0.3, -0.25) is 9.59 Å². The van der Waals surface area contributed by atoms with E-state index in [4.69, 9.17) is 41.7 Å². The molecule has 0 aliphatic heterocycles. The van der Waals surface area contributed by atoms with Crippen LogP contribution in [-0.2, 0) is 17.6 Å². The number of aryl methyl sites for hydroxylation is 3. The molecule has 0 N–H and O–H groups in total. The first-order valence-corrected chi connectivity index (χ1v) is 14.1. The van der Waals surface area contributed by atoms with E-state index in [-0.39, 0.29) is 5.24 Å². The summed E-state index contributed by atoms with van der Waals surface area (Å²) in [6, 6.07) is 14.0. The van der Waals surface area contributed by atoms with Crippen molar-refractivity contribution in [3.63, 3.8) is 0 Å². The van der Waals surface area contributed by atoms with E-state index in [0.717, 1.165) is 18.4 Å². The molecule has 2 aromatic carbocycles. The van der Waals surface area contributed by atoms with Crippen LogP contribution in [0, 0.1) is 13.8 Å². The summed E-state index contributed by atoms with van der Waals surface area (Å²) in [7, 11) is 14.8. The molecule has 0 bridgehead atoms. The highest BCUT2D eigenvalue weighted by Crippen LogP contribution is 2.24. The summed E-state index contributed by atoms with van der Waals surface area (Å²) in [4.78, 5) is 21.7. The van der Waals surface area contributed by atoms with E-state index >= 15 is 0 Å². The second-order valence-electron chi connectivity index (χ2n) is 6.05. The number of hydrogen-bond donors (Lipinski definition) is 0. The van der Waals surface area contributed by atoms with Crippen LogP contribution in [-0.4, -0.2) is 22.4 Å². The Morgan fingerprint density at radius 3 is 2.11 bits per heavy atom. The number of rotatable bonds is 3. The van der Waals surface area contributed by atoms with Crippen LogP contribution in [0.15, 0.2) is 42.5 Å². The zero-order valence-electron chi connectivity index (χ0n) is 15.3. The topological polar surface area (TPSA) is 34.1 Å². The molecule has 0 radical (unpaired) electrons. The largest absolute Gasteiger partial charge is 0.643 e. The van der Waals surface area contributed by atoms with Crippen molar-refractivity contribution in [3.8, 4) is 0 Å². The van der Waals surface area contributed by atoms with Crippen LogP contribution < -0.4 is 0 Å². The van der Waals surface area contributed by atoms with Gasteiger partial charge in [0, 0.05) is 18.4 Å². The monoisotopic (exact) mass is 460 g/mol. The molecule has 2 aromatic rings. The van der Waals surface area contributed by atoms with E-state index in [1.54, 1.807) is 0 Å². The number of carbonyl (C=O) groups is 2. The molecular weight excluding hydrogens is 441 g/mol. The number of ketones is 1. The number of halogens is 4. The second-order valence-corrected chi connectivity index (χ2v) is 12.9.